The highest BCUT2D eigenvalue weighted by atomic mass is 16.8. The molecule has 4 N–H and O–H groups in total. The molecular weight excluding hydrogens is 312 g/mol. The van der Waals surface area contributed by atoms with Gasteiger partial charge in [0.1, 0.15) is 36.6 Å². The molecule has 3 saturated heterocycles. The van der Waals surface area contributed by atoms with Crippen molar-refractivity contribution in [2.75, 3.05) is 20.3 Å². The van der Waals surface area contributed by atoms with Crippen LogP contribution in [-0.4, -0.2) is 96.1 Å². The second kappa shape index (κ2) is 6.87. The molecule has 0 unspecified atom stereocenters. The molecule has 0 aromatic rings. The van der Waals surface area contributed by atoms with Gasteiger partial charge in [-0.05, 0) is 0 Å². The van der Waals surface area contributed by atoms with Crippen molar-refractivity contribution < 1.29 is 44.1 Å². The smallest absolute Gasteiger partial charge is 0.186 e. The lowest BCUT2D eigenvalue weighted by Crippen LogP contribution is -2.60. The average molecular weight is 336 g/mol. The van der Waals surface area contributed by atoms with Gasteiger partial charge in [0.2, 0.25) is 0 Å². The summed E-state index contributed by atoms with van der Waals surface area (Å²) in [4.78, 5) is 0. The first-order valence-electron chi connectivity index (χ1n) is 7.73. The first-order valence-corrected chi connectivity index (χ1v) is 7.73. The standard InChI is InChI=1S/C14H24O9/c1-5-8(16)6(3-15)21-14(9(5)17)23-11-7-4-20-12(11)10(18)13(19-2)22-7/h5-18H,3-4H2,1-2H3/t5-,6+,7+,8+,9+,10+,11-,12+,13-,14-/m0/s1. The van der Waals surface area contributed by atoms with E-state index in [1.54, 1.807) is 6.92 Å². The molecule has 134 valence electrons. The van der Waals surface area contributed by atoms with Crippen LogP contribution in [0.5, 0.6) is 0 Å². The molecule has 3 heterocycles. The fourth-order valence-electron chi connectivity index (χ4n) is 3.32. The normalized spacial score (nSPS) is 53.5. The number of ether oxygens (including phenoxy) is 5. The minimum Gasteiger partial charge on any atom is -0.394 e. The first kappa shape index (κ1) is 17.5. The van der Waals surface area contributed by atoms with E-state index in [2.05, 4.69) is 0 Å². The van der Waals surface area contributed by atoms with Gasteiger partial charge in [0, 0.05) is 13.0 Å². The van der Waals surface area contributed by atoms with E-state index >= 15 is 0 Å². The summed E-state index contributed by atoms with van der Waals surface area (Å²) >= 11 is 0. The van der Waals surface area contributed by atoms with Crippen molar-refractivity contribution in [2.24, 2.45) is 5.92 Å². The predicted octanol–water partition coefficient (Wildman–Crippen LogP) is -2.42. The van der Waals surface area contributed by atoms with E-state index in [-0.39, 0.29) is 6.61 Å². The number of hydrogen-bond acceptors (Lipinski definition) is 9. The Morgan fingerprint density at radius 1 is 1.04 bits per heavy atom. The Bertz CT molecular complexity index is 406. The Morgan fingerprint density at radius 2 is 1.78 bits per heavy atom. The Labute approximate surface area is 133 Å². The van der Waals surface area contributed by atoms with Gasteiger partial charge in [-0.3, -0.25) is 0 Å². The van der Waals surface area contributed by atoms with Crippen molar-refractivity contribution in [3.05, 3.63) is 0 Å². The maximum atomic E-state index is 10.2. The molecule has 0 aromatic heterocycles. The van der Waals surface area contributed by atoms with Crippen LogP contribution in [0, 0.1) is 5.92 Å². The van der Waals surface area contributed by atoms with Crippen LogP contribution in [0.25, 0.3) is 0 Å². The second-order valence-corrected chi connectivity index (χ2v) is 6.23. The monoisotopic (exact) mass is 336 g/mol. The van der Waals surface area contributed by atoms with Gasteiger partial charge in [0.25, 0.3) is 0 Å². The number of aliphatic hydroxyl groups excluding tert-OH is 4. The van der Waals surface area contributed by atoms with Gasteiger partial charge in [0.15, 0.2) is 12.6 Å². The summed E-state index contributed by atoms with van der Waals surface area (Å²) in [7, 11) is 1.43. The topological polar surface area (TPSA) is 127 Å². The fraction of sp³-hybridized carbons (Fsp3) is 1.00. The van der Waals surface area contributed by atoms with Gasteiger partial charge < -0.3 is 44.1 Å². The third-order valence-corrected chi connectivity index (χ3v) is 4.82. The molecule has 9 heteroatoms. The van der Waals surface area contributed by atoms with Crippen molar-refractivity contribution in [2.45, 2.75) is 62.2 Å². The summed E-state index contributed by atoms with van der Waals surface area (Å²) in [5.74, 6) is -0.536. The van der Waals surface area contributed by atoms with E-state index in [1.807, 2.05) is 0 Å². The largest absolute Gasteiger partial charge is 0.394 e. The second-order valence-electron chi connectivity index (χ2n) is 6.23. The summed E-state index contributed by atoms with van der Waals surface area (Å²) in [6.07, 6.45) is -7.56. The first-order chi connectivity index (χ1) is 11.0. The molecule has 0 saturated carbocycles. The third kappa shape index (κ3) is 3.01. The van der Waals surface area contributed by atoms with Crippen LogP contribution in [0.2, 0.25) is 0 Å². The van der Waals surface area contributed by atoms with Gasteiger partial charge in [-0.2, -0.15) is 0 Å². The number of methoxy groups -OCH3 is 1. The number of aliphatic hydroxyl groups is 4. The van der Waals surface area contributed by atoms with E-state index < -0.39 is 67.8 Å². The van der Waals surface area contributed by atoms with Crippen molar-refractivity contribution in [3.63, 3.8) is 0 Å². The maximum Gasteiger partial charge on any atom is 0.186 e. The van der Waals surface area contributed by atoms with Crippen molar-refractivity contribution >= 4 is 0 Å². The third-order valence-electron chi connectivity index (χ3n) is 4.82. The molecule has 3 fully saturated rings. The van der Waals surface area contributed by atoms with Crippen molar-refractivity contribution in [1.82, 2.24) is 0 Å². The molecule has 23 heavy (non-hydrogen) atoms. The highest BCUT2D eigenvalue weighted by Gasteiger charge is 2.54. The summed E-state index contributed by atoms with van der Waals surface area (Å²) in [5.41, 5.74) is 0. The van der Waals surface area contributed by atoms with E-state index in [0.717, 1.165) is 0 Å². The molecule has 9 nitrogen and oxygen atoms in total. The molecular formula is C14H24O9. The lowest BCUT2D eigenvalue weighted by atomic mass is 9.90. The van der Waals surface area contributed by atoms with E-state index in [1.165, 1.54) is 7.11 Å². The van der Waals surface area contributed by atoms with Crippen LogP contribution < -0.4 is 0 Å². The fourth-order valence-corrected chi connectivity index (χ4v) is 3.32. The maximum absolute atomic E-state index is 10.2. The Balaban J connectivity index is 1.69. The highest BCUT2D eigenvalue weighted by molar-refractivity contribution is 4.97. The summed E-state index contributed by atoms with van der Waals surface area (Å²) in [5, 5.41) is 39.7. The number of hydrogen-bond donors (Lipinski definition) is 4. The Hall–Kier alpha value is -0.360. The summed E-state index contributed by atoms with van der Waals surface area (Å²) in [6.45, 7) is 1.49. The average Bonchev–Trinajstić information content (AvgIpc) is 2.86. The predicted molar refractivity (Wildman–Crippen MR) is 73.2 cm³/mol. The van der Waals surface area contributed by atoms with E-state index in [0.29, 0.717) is 0 Å². The van der Waals surface area contributed by atoms with Crippen LogP contribution in [0.4, 0.5) is 0 Å². The minimum atomic E-state index is -1.08. The molecule has 3 aliphatic heterocycles. The van der Waals surface area contributed by atoms with Gasteiger partial charge in [-0.1, -0.05) is 6.92 Å². The molecule has 0 spiro atoms. The SMILES string of the molecule is CO[C@H]1O[C@@H]2CO[C@H]([C@H]1O)[C@H]2O[C@@H]1O[C@H](CO)[C@H](O)[C@H](C)[C@H]1O. The van der Waals surface area contributed by atoms with Gasteiger partial charge in [0.05, 0.1) is 19.3 Å². The quantitative estimate of drug-likeness (QED) is 0.443. The molecule has 0 aliphatic carbocycles. The van der Waals surface area contributed by atoms with Crippen molar-refractivity contribution in [1.29, 1.82) is 0 Å². The molecule has 2 bridgehead atoms. The molecule has 0 radical (unpaired) electrons. The Morgan fingerprint density at radius 3 is 2.43 bits per heavy atom. The van der Waals surface area contributed by atoms with E-state index in [4.69, 9.17) is 23.7 Å². The zero-order valence-corrected chi connectivity index (χ0v) is 13.0. The molecule has 10 atom stereocenters. The zero-order valence-electron chi connectivity index (χ0n) is 13.0. The van der Waals surface area contributed by atoms with Crippen LogP contribution in [-0.2, 0) is 23.7 Å². The van der Waals surface area contributed by atoms with Crippen LogP contribution in [0.1, 0.15) is 6.92 Å². The molecule has 3 rings (SSSR count). The van der Waals surface area contributed by atoms with Crippen LogP contribution >= 0.6 is 0 Å². The lowest BCUT2D eigenvalue weighted by molar-refractivity contribution is -0.331. The Kier molecular flexibility index (Phi) is 5.21. The van der Waals surface area contributed by atoms with Gasteiger partial charge >= 0.3 is 0 Å². The molecule has 0 amide bonds. The number of fused-ring (bicyclic) bond motifs is 2. The summed E-state index contributed by atoms with van der Waals surface area (Å²) in [6, 6.07) is 0. The summed E-state index contributed by atoms with van der Waals surface area (Å²) < 4.78 is 27.4. The van der Waals surface area contributed by atoms with Crippen LogP contribution in [0.15, 0.2) is 0 Å². The number of rotatable bonds is 4. The molecule has 0 aromatic carbocycles. The van der Waals surface area contributed by atoms with Crippen LogP contribution in [0.3, 0.4) is 0 Å². The van der Waals surface area contributed by atoms with Gasteiger partial charge in [-0.25, -0.2) is 0 Å². The van der Waals surface area contributed by atoms with Gasteiger partial charge in [-0.15, -0.1) is 0 Å². The molecule has 3 aliphatic rings. The van der Waals surface area contributed by atoms with E-state index in [9.17, 15) is 20.4 Å². The lowest BCUT2D eigenvalue weighted by Gasteiger charge is -2.44. The highest BCUT2D eigenvalue weighted by Crippen LogP contribution is 2.35. The zero-order chi connectivity index (χ0) is 16.7. The minimum absolute atomic E-state index is 0.233. The van der Waals surface area contributed by atoms with Crippen molar-refractivity contribution in [3.8, 4) is 0 Å².